The highest BCUT2D eigenvalue weighted by Crippen LogP contribution is 2.25. The summed E-state index contributed by atoms with van der Waals surface area (Å²) >= 11 is 0. The zero-order valence-corrected chi connectivity index (χ0v) is 15.4. The van der Waals surface area contributed by atoms with Crippen LogP contribution in [0.1, 0.15) is 59.3 Å². The van der Waals surface area contributed by atoms with E-state index in [0.717, 1.165) is 0 Å². The van der Waals surface area contributed by atoms with Gasteiger partial charge in [0.15, 0.2) is 0 Å². The third-order valence-electron chi connectivity index (χ3n) is 3.39. The summed E-state index contributed by atoms with van der Waals surface area (Å²) in [6.07, 6.45) is -0.470. The number of carboxylic acid groups (broad SMARTS) is 1. The van der Waals surface area contributed by atoms with Crippen LogP contribution in [0.25, 0.3) is 0 Å². The van der Waals surface area contributed by atoms with Crippen molar-refractivity contribution in [3.05, 3.63) is 22.5 Å². The monoisotopic (exact) mass is 369 g/mol. The predicted octanol–water partition coefficient (Wildman–Crippen LogP) is 1.49. The standard InChI is InChI=1S/C17H23NO8/c1-17(2,3)26-16(23)14-9(6-7-11(19)24-4)10(8-12(20)25-5)13(18-14)15(21)22/h18H,6-8H2,1-5H3,(H,21,22). The lowest BCUT2D eigenvalue weighted by Gasteiger charge is -2.19. The molecular formula is C17H23NO8. The maximum atomic E-state index is 12.5. The minimum absolute atomic E-state index is 0.00262. The van der Waals surface area contributed by atoms with E-state index in [1.807, 2.05) is 0 Å². The Morgan fingerprint density at radius 2 is 1.54 bits per heavy atom. The number of rotatable bonds is 7. The van der Waals surface area contributed by atoms with Gasteiger partial charge in [0, 0.05) is 6.42 Å². The average molecular weight is 369 g/mol. The van der Waals surface area contributed by atoms with Gasteiger partial charge >= 0.3 is 23.9 Å². The summed E-state index contributed by atoms with van der Waals surface area (Å²) in [4.78, 5) is 49.6. The molecule has 0 amide bonds. The van der Waals surface area contributed by atoms with Gasteiger partial charge in [-0.1, -0.05) is 0 Å². The Morgan fingerprint density at radius 3 is 2.00 bits per heavy atom. The number of nitrogens with one attached hydrogen (secondary N) is 1. The van der Waals surface area contributed by atoms with Gasteiger partial charge in [-0.25, -0.2) is 9.59 Å². The Labute approximate surface area is 150 Å². The lowest BCUT2D eigenvalue weighted by Crippen LogP contribution is -2.25. The molecule has 0 fully saturated rings. The second-order valence-corrected chi connectivity index (χ2v) is 6.47. The van der Waals surface area contributed by atoms with Crippen molar-refractivity contribution in [1.29, 1.82) is 0 Å². The molecule has 0 bridgehead atoms. The third kappa shape index (κ3) is 5.61. The fourth-order valence-corrected chi connectivity index (χ4v) is 2.28. The summed E-state index contributed by atoms with van der Waals surface area (Å²) in [6, 6.07) is 0. The molecule has 0 spiro atoms. The van der Waals surface area contributed by atoms with E-state index in [0.29, 0.717) is 0 Å². The van der Waals surface area contributed by atoms with Crippen LogP contribution in [0.15, 0.2) is 0 Å². The summed E-state index contributed by atoms with van der Waals surface area (Å²) < 4.78 is 14.4. The molecule has 9 nitrogen and oxygen atoms in total. The van der Waals surface area contributed by atoms with Crippen molar-refractivity contribution in [3.8, 4) is 0 Å². The second-order valence-electron chi connectivity index (χ2n) is 6.47. The smallest absolute Gasteiger partial charge is 0.355 e. The van der Waals surface area contributed by atoms with Gasteiger partial charge in [-0.2, -0.15) is 0 Å². The number of hydrogen-bond donors (Lipinski definition) is 2. The minimum atomic E-state index is -1.35. The van der Waals surface area contributed by atoms with Gasteiger partial charge < -0.3 is 24.3 Å². The first-order valence-corrected chi connectivity index (χ1v) is 7.84. The molecule has 0 atom stereocenters. The first-order chi connectivity index (χ1) is 12.0. The van der Waals surface area contributed by atoms with Crippen LogP contribution in [-0.4, -0.2) is 53.8 Å². The highest BCUT2D eigenvalue weighted by molar-refractivity contribution is 5.96. The summed E-state index contributed by atoms with van der Waals surface area (Å²) in [6.45, 7) is 4.99. The Kier molecular flexibility index (Phi) is 6.93. The summed E-state index contributed by atoms with van der Waals surface area (Å²) in [7, 11) is 2.38. The Balaban J connectivity index is 3.43. The van der Waals surface area contributed by atoms with Crippen molar-refractivity contribution in [2.45, 2.75) is 45.6 Å². The Bertz CT molecular complexity index is 711. The molecule has 0 aliphatic heterocycles. The number of methoxy groups -OCH3 is 2. The summed E-state index contributed by atoms with van der Waals surface area (Å²) in [5.41, 5.74) is -0.953. The van der Waals surface area contributed by atoms with E-state index in [4.69, 9.17) is 4.74 Å². The molecular weight excluding hydrogens is 346 g/mol. The quantitative estimate of drug-likeness (QED) is 0.546. The van der Waals surface area contributed by atoms with Crippen LogP contribution in [-0.2, 0) is 36.6 Å². The van der Waals surface area contributed by atoms with Crippen molar-refractivity contribution >= 4 is 23.9 Å². The van der Waals surface area contributed by atoms with Crippen molar-refractivity contribution in [3.63, 3.8) is 0 Å². The van der Waals surface area contributed by atoms with Crippen LogP contribution in [0.4, 0.5) is 0 Å². The molecule has 0 saturated heterocycles. The van der Waals surface area contributed by atoms with Crippen molar-refractivity contribution in [2.75, 3.05) is 14.2 Å². The molecule has 1 heterocycles. The normalized spacial score (nSPS) is 11.0. The molecule has 1 rings (SSSR count). The number of carbonyl (C=O) groups excluding carboxylic acids is 3. The number of esters is 3. The molecule has 2 N–H and O–H groups in total. The van der Waals surface area contributed by atoms with Gasteiger partial charge in [0.1, 0.15) is 17.0 Å². The van der Waals surface area contributed by atoms with Crippen molar-refractivity contribution in [1.82, 2.24) is 4.98 Å². The van der Waals surface area contributed by atoms with Gasteiger partial charge in [0.25, 0.3) is 0 Å². The largest absolute Gasteiger partial charge is 0.477 e. The number of aromatic amines is 1. The van der Waals surface area contributed by atoms with Crippen LogP contribution in [0.5, 0.6) is 0 Å². The molecule has 26 heavy (non-hydrogen) atoms. The van der Waals surface area contributed by atoms with E-state index in [1.54, 1.807) is 20.8 Å². The average Bonchev–Trinajstić information content (AvgIpc) is 2.89. The lowest BCUT2D eigenvalue weighted by atomic mass is 10.0. The number of carbonyl (C=O) groups is 4. The zero-order chi connectivity index (χ0) is 20.1. The molecule has 0 aliphatic rings. The van der Waals surface area contributed by atoms with E-state index < -0.39 is 29.5 Å². The first kappa shape index (κ1) is 21.2. The van der Waals surface area contributed by atoms with E-state index in [9.17, 15) is 24.3 Å². The molecule has 1 aromatic heterocycles. The van der Waals surface area contributed by atoms with Crippen molar-refractivity contribution < 1.29 is 38.5 Å². The topological polar surface area (TPSA) is 132 Å². The highest BCUT2D eigenvalue weighted by atomic mass is 16.6. The van der Waals surface area contributed by atoms with Gasteiger partial charge in [-0.05, 0) is 38.3 Å². The third-order valence-corrected chi connectivity index (χ3v) is 3.39. The second kappa shape index (κ2) is 8.50. The molecule has 144 valence electrons. The van der Waals surface area contributed by atoms with Gasteiger partial charge in [-0.15, -0.1) is 0 Å². The maximum Gasteiger partial charge on any atom is 0.355 e. The van der Waals surface area contributed by atoms with Gasteiger partial charge in [0.2, 0.25) is 0 Å². The Hall–Kier alpha value is -2.84. The van der Waals surface area contributed by atoms with Crippen LogP contribution in [0, 0.1) is 0 Å². The van der Waals surface area contributed by atoms with Crippen LogP contribution >= 0.6 is 0 Å². The molecule has 0 radical (unpaired) electrons. The van der Waals surface area contributed by atoms with E-state index >= 15 is 0 Å². The van der Waals surface area contributed by atoms with Gasteiger partial charge in [-0.3, -0.25) is 9.59 Å². The fraction of sp³-hybridized carbons (Fsp3) is 0.529. The summed E-state index contributed by atoms with van der Waals surface area (Å²) in [5, 5.41) is 9.40. The Morgan fingerprint density at radius 1 is 0.962 bits per heavy atom. The molecule has 0 saturated carbocycles. The number of carboxylic acids is 1. The first-order valence-electron chi connectivity index (χ1n) is 7.84. The maximum absolute atomic E-state index is 12.5. The number of hydrogen-bond acceptors (Lipinski definition) is 7. The van der Waals surface area contributed by atoms with Crippen LogP contribution < -0.4 is 0 Å². The number of ether oxygens (including phenoxy) is 3. The SMILES string of the molecule is COC(=O)CCc1c(C(=O)OC(C)(C)C)[nH]c(C(=O)O)c1CC(=O)OC. The minimum Gasteiger partial charge on any atom is -0.477 e. The highest BCUT2D eigenvalue weighted by Gasteiger charge is 2.29. The van der Waals surface area contributed by atoms with E-state index in [2.05, 4.69) is 14.5 Å². The summed E-state index contributed by atoms with van der Waals surface area (Å²) in [5.74, 6) is -3.35. The molecule has 0 aliphatic carbocycles. The fourth-order valence-electron chi connectivity index (χ4n) is 2.28. The predicted molar refractivity (Wildman–Crippen MR) is 89.0 cm³/mol. The van der Waals surface area contributed by atoms with Crippen molar-refractivity contribution in [2.24, 2.45) is 0 Å². The number of aromatic nitrogens is 1. The number of aromatic carboxylic acids is 1. The van der Waals surface area contributed by atoms with E-state index in [-0.39, 0.29) is 41.8 Å². The molecule has 0 unspecified atom stereocenters. The van der Waals surface area contributed by atoms with Crippen LogP contribution in [0.3, 0.4) is 0 Å². The van der Waals surface area contributed by atoms with Crippen LogP contribution in [0.2, 0.25) is 0 Å². The number of H-pyrrole nitrogens is 1. The molecule has 1 aromatic rings. The lowest BCUT2D eigenvalue weighted by molar-refractivity contribution is -0.141. The molecule has 0 aromatic carbocycles. The zero-order valence-electron chi connectivity index (χ0n) is 15.4. The van der Waals surface area contributed by atoms with E-state index in [1.165, 1.54) is 14.2 Å². The van der Waals surface area contributed by atoms with Gasteiger partial charge in [0.05, 0.1) is 20.6 Å². The molecule has 9 heteroatoms.